The predicted octanol–water partition coefficient (Wildman–Crippen LogP) is 2.75. The minimum absolute atomic E-state index is 0.0824. The smallest absolute Gasteiger partial charge is 0.339 e. The Morgan fingerprint density at radius 1 is 1.25 bits per heavy atom. The summed E-state index contributed by atoms with van der Waals surface area (Å²) in [5, 5.41) is 11.7. The molecule has 3 rings (SSSR count). The van der Waals surface area contributed by atoms with Crippen LogP contribution in [0.3, 0.4) is 0 Å². The van der Waals surface area contributed by atoms with Crippen LogP contribution in [-0.2, 0) is 6.54 Å². The number of aryl methyl sites for hydroxylation is 1. The maximum absolute atomic E-state index is 12.3. The molecule has 1 amide bonds. The first-order valence-corrected chi connectivity index (χ1v) is 7.95. The average Bonchev–Trinajstić information content (AvgIpc) is 2.93. The summed E-state index contributed by atoms with van der Waals surface area (Å²) >= 11 is 3.36. The zero-order valence-corrected chi connectivity index (χ0v) is 14.3. The van der Waals surface area contributed by atoms with Crippen LogP contribution in [0.2, 0.25) is 0 Å². The Morgan fingerprint density at radius 3 is 2.71 bits per heavy atom. The molecule has 7 nitrogen and oxygen atoms in total. The number of aromatic carboxylic acids is 1. The van der Waals surface area contributed by atoms with E-state index in [2.05, 4.69) is 21.2 Å². The monoisotopic (exact) mass is 395 g/mol. The maximum atomic E-state index is 12.3. The number of carbonyl (C=O) groups excluding carboxylic acids is 1. The molecule has 0 atom stereocenters. The third kappa shape index (κ3) is 3.23. The van der Waals surface area contributed by atoms with Crippen LogP contribution in [0.15, 0.2) is 27.1 Å². The van der Waals surface area contributed by atoms with Gasteiger partial charge >= 0.3 is 5.97 Å². The van der Waals surface area contributed by atoms with Crippen LogP contribution in [0, 0.1) is 6.92 Å². The van der Waals surface area contributed by atoms with E-state index in [0.717, 1.165) is 0 Å². The summed E-state index contributed by atoms with van der Waals surface area (Å²) in [6.07, 6.45) is 0. The Hall–Kier alpha value is -2.48. The van der Waals surface area contributed by atoms with E-state index in [1.165, 1.54) is 6.07 Å². The van der Waals surface area contributed by atoms with E-state index >= 15 is 0 Å². The average molecular weight is 396 g/mol. The number of nitrogens with one attached hydrogen (secondary N) is 1. The molecule has 0 radical (unpaired) electrons. The first-order valence-electron chi connectivity index (χ1n) is 7.15. The number of rotatable bonds is 4. The van der Waals surface area contributed by atoms with Gasteiger partial charge in [-0.2, -0.15) is 0 Å². The van der Waals surface area contributed by atoms with Crippen molar-refractivity contribution in [3.63, 3.8) is 0 Å². The largest absolute Gasteiger partial charge is 0.486 e. The Labute approximate surface area is 145 Å². The highest BCUT2D eigenvalue weighted by molar-refractivity contribution is 9.10. The van der Waals surface area contributed by atoms with E-state index < -0.39 is 5.97 Å². The molecule has 0 unspecified atom stereocenters. The summed E-state index contributed by atoms with van der Waals surface area (Å²) in [6.45, 7) is 2.53. The highest BCUT2D eigenvalue weighted by Crippen LogP contribution is 2.38. The summed E-state index contributed by atoms with van der Waals surface area (Å²) in [4.78, 5) is 23.3. The second-order valence-electron chi connectivity index (χ2n) is 5.15. The number of fused-ring (bicyclic) bond motifs is 1. The van der Waals surface area contributed by atoms with Crippen LogP contribution < -0.4 is 14.8 Å². The van der Waals surface area contributed by atoms with Gasteiger partial charge in [-0.05, 0) is 41.1 Å². The molecular formula is C16H14BrNO6. The molecule has 24 heavy (non-hydrogen) atoms. The Morgan fingerprint density at radius 2 is 2.00 bits per heavy atom. The number of amides is 1. The predicted molar refractivity (Wildman–Crippen MR) is 86.7 cm³/mol. The Bertz CT molecular complexity index is 813. The number of hydrogen-bond donors (Lipinski definition) is 2. The number of carboxylic acids is 1. The lowest BCUT2D eigenvalue weighted by Gasteiger charge is -2.20. The molecule has 1 aliphatic heterocycles. The van der Waals surface area contributed by atoms with Crippen molar-refractivity contribution in [2.75, 3.05) is 13.2 Å². The minimum atomic E-state index is -1.07. The molecule has 0 spiro atoms. The van der Waals surface area contributed by atoms with Gasteiger partial charge in [0, 0.05) is 5.56 Å². The highest BCUT2D eigenvalue weighted by atomic mass is 79.9. The lowest BCUT2D eigenvalue weighted by Crippen LogP contribution is -2.23. The fourth-order valence-corrected chi connectivity index (χ4v) is 2.91. The zero-order valence-electron chi connectivity index (χ0n) is 12.7. The quantitative estimate of drug-likeness (QED) is 0.825. The van der Waals surface area contributed by atoms with Gasteiger partial charge in [-0.3, -0.25) is 4.79 Å². The maximum Gasteiger partial charge on any atom is 0.339 e. The molecule has 1 aromatic heterocycles. The second kappa shape index (κ2) is 6.56. The van der Waals surface area contributed by atoms with Gasteiger partial charge in [0.1, 0.15) is 30.3 Å². The van der Waals surface area contributed by atoms with E-state index in [-0.39, 0.29) is 18.0 Å². The second-order valence-corrected chi connectivity index (χ2v) is 6.01. The summed E-state index contributed by atoms with van der Waals surface area (Å²) in [5.74, 6) is 0.347. The van der Waals surface area contributed by atoms with Crippen molar-refractivity contribution in [2.24, 2.45) is 0 Å². The lowest BCUT2D eigenvalue weighted by molar-refractivity contribution is 0.0694. The van der Waals surface area contributed by atoms with Crippen molar-refractivity contribution in [1.29, 1.82) is 0 Å². The molecular weight excluding hydrogens is 382 g/mol. The standard InChI is InChI=1S/C16H14BrNO6/c1-8-11(16(20)21)6-10(24-8)7-18-15(19)9-4-12(17)14-13(5-9)22-2-3-23-14/h4-6H,2-3,7H2,1H3,(H,18,19)(H,20,21). The van der Waals surface area contributed by atoms with Gasteiger partial charge in [-0.15, -0.1) is 0 Å². The molecule has 0 bridgehead atoms. The summed E-state index contributed by atoms with van der Waals surface area (Å²) in [6, 6.07) is 4.64. The van der Waals surface area contributed by atoms with E-state index in [1.54, 1.807) is 19.1 Å². The molecule has 1 aliphatic rings. The molecule has 1 aromatic carbocycles. The van der Waals surface area contributed by atoms with Crippen LogP contribution in [0.4, 0.5) is 0 Å². The SMILES string of the molecule is Cc1oc(CNC(=O)c2cc(Br)c3c(c2)OCCO3)cc1C(=O)O. The number of benzene rings is 1. The van der Waals surface area contributed by atoms with Crippen molar-refractivity contribution in [1.82, 2.24) is 5.32 Å². The number of hydrogen-bond acceptors (Lipinski definition) is 5. The van der Waals surface area contributed by atoms with Crippen molar-refractivity contribution in [3.05, 3.63) is 45.3 Å². The third-order valence-electron chi connectivity index (χ3n) is 3.48. The molecule has 2 N–H and O–H groups in total. The van der Waals surface area contributed by atoms with Crippen molar-refractivity contribution < 1.29 is 28.6 Å². The van der Waals surface area contributed by atoms with Crippen molar-refractivity contribution >= 4 is 27.8 Å². The first kappa shape index (κ1) is 16.4. The fourth-order valence-electron chi connectivity index (χ4n) is 2.35. The van der Waals surface area contributed by atoms with Crippen LogP contribution in [0.25, 0.3) is 0 Å². The molecule has 2 aromatic rings. The Balaban J connectivity index is 1.72. The van der Waals surface area contributed by atoms with Gasteiger partial charge in [-0.25, -0.2) is 4.79 Å². The first-order chi connectivity index (χ1) is 11.5. The van der Waals surface area contributed by atoms with E-state index in [1.807, 2.05) is 0 Å². The normalized spacial score (nSPS) is 12.8. The van der Waals surface area contributed by atoms with Gasteiger partial charge < -0.3 is 24.3 Å². The summed E-state index contributed by atoms with van der Waals surface area (Å²) in [7, 11) is 0. The van der Waals surface area contributed by atoms with Gasteiger partial charge in [-0.1, -0.05) is 0 Å². The molecule has 0 fully saturated rings. The summed E-state index contributed by atoms with van der Waals surface area (Å²) < 4.78 is 16.9. The molecule has 0 saturated carbocycles. The number of carbonyl (C=O) groups is 2. The molecule has 8 heteroatoms. The molecule has 0 aliphatic carbocycles. The Kier molecular flexibility index (Phi) is 4.48. The summed E-state index contributed by atoms with van der Waals surface area (Å²) in [5.41, 5.74) is 0.481. The zero-order chi connectivity index (χ0) is 17.3. The van der Waals surface area contributed by atoms with Crippen molar-refractivity contribution in [2.45, 2.75) is 13.5 Å². The van der Waals surface area contributed by atoms with Crippen LogP contribution >= 0.6 is 15.9 Å². The van der Waals surface area contributed by atoms with E-state index in [9.17, 15) is 9.59 Å². The van der Waals surface area contributed by atoms with Gasteiger partial charge in [0.05, 0.1) is 11.0 Å². The van der Waals surface area contributed by atoms with E-state index in [4.69, 9.17) is 19.0 Å². The molecule has 126 valence electrons. The number of halogens is 1. The number of furan rings is 1. The van der Waals surface area contributed by atoms with Gasteiger partial charge in [0.25, 0.3) is 5.91 Å². The van der Waals surface area contributed by atoms with Crippen molar-refractivity contribution in [3.8, 4) is 11.5 Å². The fraction of sp³-hybridized carbons (Fsp3) is 0.250. The van der Waals surface area contributed by atoms with Gasteiger partial charge in [0.2, 0.25) is 0 Å². The van der Waals surface area contributed by atoms with E-state index in [0.29, 0.717) is 46.3 Å². The third-order valence-corrected chi connectivity index (χ3v) is 4.07. The van der Waals surface area contributed by atoms with Gasteiger partial charge in [0.15, 0.2) is 11.5 Å². The molecule has 0 saturated heterocycles. The molecule has 2 heterocycles. The van der Waals surface area contributed by atoms with Crippen LogP contribution in [0.5, 0.6) is 11.5 Å². The number of carboxylic acid groups (broad SMARTS) is 1. The lowest BCUT2D eigenvalue weighted by atomic mass is 10.1. The highest BCUT2D eigenvalue weighted by Gasteiger charge is 2.19. The number of ether oxygens (including phenoxy) is 2. The van der Waals surface area contributed by atoms with Crippen LogP contribution in [-0.4, -0.2) is 30.2 Å². The minimum Gasteiger partial charge on any atom is -0.486 e. The van der Waals surface area contributed by atoms with Crippen LogP contribution in [0.1, 0.15) is 32.2 Å². The topological polar surface area (TPSA) is 98.0 Å².